The first-order chi connectivity index (χ1) is 9.59. The van der Waals surface area contributed by atoms with Crippen LogP contribution in [0, 0.1) is 5.92 Å². The van der Waals surface area contributed by atoms with E-state index in [1.54, 1.807) is 0 Å². The Bertz CT molecular complexity index is 333. The lowest BCUT2D eigenvalue weighted by molar-refractivity contribution is -0.154. The largest absolute Gasteiger partial charge is 0.455 e. The maximum atomic E-state index is 12.2. The number of rotatable bonds is 1. The molecule has 0 aromatic carbocycles. The van der Waals surface area contributed by atoms with Gasteiger partial charge in [-0.2, -0.15) is 0 Å². The summed E-state index contributed by atoms with van der Waals surface area (Å²) >= 11 is 0. The van der Waals surface area contributed by atoms with Gasteiger partial charge < -0.3 is 4.74 Å². The van der Waals surface area contributed by atoms with Crippen molar-refractivity contribution in [3.8, 4) is 0 Å². The van der Waals surface area contributed by atoms with Crippen molar-refractivity contribution in [1.29, 1.82) is 0 Å². The number of Topliss-reactive ketones (excluding diaryl/α,β-unsaturated/α-hetero) is 1. The molecule has 0 amide bonds. The number of allylic oxidation sites excluding steroid dienone is 2. The molecular weight excluding hydrogens is 252 g/mol. The highest BCUT2D eigenvalue weighted by molar-refractivity contribution is 5.85. The van der Waals surface area contributed by atoms with Crippen LogP contribution in [0.15, 0.2) is 12.2 Å². The summed E-state index contributed by atoms with van der Waals surface area (Å²) in [6.07, 6.45) is 12.9. The summed E-state index contributed by atoms with van der Waals surface area (Å²) in [6, 6.07) is 0. The van der Waals surface area contributed by atoms with Crippen LogP contribution in [0.4, 0.5) is 0 Å². The lowest BCUT2D eigenvalue weighted by atomic mass is 9.94. The standard InChI is InChI=1S/C17H28O3/c1-14-11-9-7-5-3-4-6-8-10-12-16(19)17(13-14)20-15(2)18/h7,9,14,17H,3-6,8,10-13H2,1-2H3/b9-7-. The van der Waals surface area contributed by atoms with E-state index in [1.165, 1.54) is 26.2 Å². The highest BCUT2D eigenvalue weighted by Crippen LogP contribution is 2.18. The van der Waals surface area contributed by atoms with E-state index in [0.717, 1.165) is 25.7 Å². The summed E-state index contributed by atoms with van der Waals surface area (Å²) in [5.74, 6) is 0.0998. The molecule has 0 saturated heterocycles. The van der Waals surface area contributed by atoms with Gasteiger partial charge in [0, 0.05) is 13.3 Å². The normalized spacial score (nSPS) is 28.4. The Hall–Kier alpha value is -1.12. The zero-order valence-corrected chi connectivity index (χ0v) is 12.9. The summed E-state index contributed by atoms with van der Waals surface area (Å²) < 4.78 is 5.22. The average Bonchev–Trinajstić information content (AvgIpc) is 2.38. The van der Waals surface area contributed by atoms with Gasteiger partial charge in [-0.05, 0) is 38.0 Å². The number of carbonyl (C=O) groups excluding carboxylic acids is 2. The molecule has 0 fully saturated rings. The van der Waals surface area contributed by atoms with E-state index in [0.29, 0.717) is 18.8 Å². The number of esters is 1. The third-order valence-electron chi connectivity index (χ3n) is 3.78. The lowest BCUT2D eigenvalue weighted by Crippen LogP contribution is -2.28. The maximum Gasteiger partial charge on any atom is 0.303 e. The van der Waals surface area contributed by atoms with Crippen LogP contribution in [0.5, 0.6) is 0 Å². The highest BCUT2D eigenvalue weighted by atomic mass is 16.5. The van der Waals surface area contributed by atoms with Crippen molar-refractivity contribution in [3.63, 3.8) is 0 Å². The van der Waals surface area contributed by atoms with Gasteiger partial charge >= 0.3 is 5.97 Å². The molecule has 3 nitrogen and oxygen atoms in total. The summed E-state index contributed by atoms with van der Waals surface area (Å²) in [6.45, 7) is 3.49. The average molecular weight is 280 g/mol. The van der Waals surface area contributed by atoms with Crippen LogP contribution in [-0.4, -0.2) is 17.9 Å². The SMILES string of the molecule is CC(=O)OC1CC(C)C/C=C\CCCCCCCC1=O. The molecule has 0 spiro atoms. The highest BCUT2D eigenvalue weighted by Gasteiger charge is 2.23. The number of ketones is 1. The lowest BCUT2D eigenvalue weighted by Gasteiger charge is -2.19. The van der Waals surface area contributed by atoms with E-state index in [2.05, 4.69) is 19.1 Å². The van der Waals surface area contributed by atoms with Gasteiger partial charge in [-0.15, -0.1) is 0 Å². The quantitative estimate of drug-likeness (QED) is 0.534. The minimum atomic E-state index is -0.543. The van der Waals surface area contributed by atoms with Crippen molar-refractivity contribution < 1.29 is 14.3 Å². The first kappa shape index (κ1) is 16.9. The molecule has 20 heavy (non-hydrogen) atoms. The fourth-order valence-electron chi connectivity index (χ4n) is 2.61. The van der Waals surface area contributed by atoms with Crippen molar-refractivity contribution in [2.45, 2.75) is 77.7 Å². The van der Waals surface area contributed by atoms with Gasteiger partial charge in [-0.1, -0.05) is 38.3 Å². The number of hydrogen-bond acceptors (Lipinski definition) is 3. The topological polar surface area (TPSA) is 43.4 Å². The van der Waals surface area contributed by atoms with Gasteiger partial charge in [0.2, 0.25) is 0 Å². The van der Waals surface area contributed by atoms with E-state index >= 15 is 0 Å². The van der Waals surface area contributed by atoms with E-state index in [1.807, 2.05) is 0 Å². The fraction of sp³-hybridized carbons (Fsp3) is 0.765. The Morgan fingerprint density at radius 3 is 2.60 bits per heavy atom. The van der Waals surface area contributed by atoms with E-state index in [-0.39, 0.29) is 11.8 Å². The molecule has 1 rings (SSSR count). The van der Waals surface area contributed by atoms with Gasteiger partial charge in [-0.25, -0.2) is 0 Å². The van der Waals surface area contributed by atoms with Crippen molar-refractivity contribution in [2.24, 2.45) is 5.92 Å². The number of ether oxygens (including phenoxy) is 1. The molecule has 0 saturated carbocycles. The summed E-state index contributed by atoms with van der Waals surface area (Å²) in [7, 11) is 0. The predicted molar refractivity (Wildman–Crippen MR) is 80.4 cm³/mol. The van der Waals surface area contributed by atoms with E-state index < -0.39 is 6.10 Å². The minimum absolute atomic E-state index is 0.0908. The molecule has 1 aliphatic carbocycles. The molecule has 0 radical (unpaired) electrons. The molecule has 0 aromatic rings. The molecule has 2 unspecified atom stereocenters. The zero-order valence-electron chi connectivity index (χ0n) is 12.9. The van der Waals surface area contributed by atoms with Crippen molar-refractivity contribution in [2.75, 3.05) is 0 Å². The number of hydrogen-bond donors (Lipinski definition) is 0. The van der Waals surface area contributed by atoms with Gasteiger partial charge in [0.25, 0.3) is 0 Å². The predicted octanol–water partition coefficient (Wildman–Crippen LogP) is 4.20. The third-order valence-corrected chi connectivity index (χ3v) is 3.78. The molecule has 0 aliphatic heterocycles. The van der Waals surface area contributed by atoms with Gasteiger partial charge in [-0.3, -0.25) is 9.59 Å². The maximum absolute atomic E-state index is 12.2. The first-order valence-corrected chi connectivity index (χ1v) is 7.94. The van der Waals surface area contributed by atoms with Crippen LogP contribution >= 0.6 is 0 Å². The second-order valence-electron chi connectivity index (χ2n) is 5.92. The Labute approximate surface area is 122 Å². The van der Waals surface area contributed by atoms with Crippen LogP contribution in [-0.2, 0) is 14.3 Å². The summed E-state index contributed by atoms with van der Waals surface area (Å²) in [4.78, 5) is 23.3. The Morgan fingerprint density at radius 2 is 1.85 bits per heavy atom. The van der Waals surface area contributed by atoms with Gasteiger partial charge in [0.1, 0.15) is 0 Å². The molecule has 0 aromatic heterocycles. The fourth-order valence-corrected chi connectivity index (χ4v) is 2.61. The molecule has 2 atom stereocenters. The Balaban J connectivity index is 2.61. The second kappa shape index (κ2) is 9.73. The van der Waals surface area contributed by atoms with Crippen LogP contribution in [0.25, 0.3) is 0 Å². The van der Waals surface area contributed by atoms with E-state index in [9.17, 15) is 9.59 Å². The summed E-state index contributed by atoms with van der Waals surface area (Å²) in [5, 5.41) is 0. The van der Waals surface area contributed by atoms with Crippen LogP contribution in [0.1, 0.15) is 71.6 Å². The van der Waals surface area contributed by atoms with Crippen molar-refractivity contribution in [3.05, 3.63) is 12.2 Å². The minimum Gasteiger partial charge on any atom is -0.455 e. The van der Waals surface area contributed by atoms with Crippen LogP contribution in [0.2, 0.25) is 0 Å². The Kier molecular flexibility index (Phi) is 8.24. The van der Waals surface area contributed by atoms with Crippen LogP contribution < -0.4 is 0 Å². The third kappa shape index (κ3) is 7.46. The first-order valence-electron chi connectivity index (χ1n) is 7.94. The van der Waals surface area contributed by atoms with E-state index in [4.69, 9.17) is 4.74 Å². The zero-order chi connectivity index (χ0) is 14.8. The van der Waals surface area contributed by atoms with Gasteiger partial charge in [0.05, 0.1) is 0 Å². The molecule has 1 aliphatic rings. The second-order valence-corrected chi connectivity index (χ2v) is 5.92. The Morgan fingerprint density at radius 1 is 1.15 bits per heavy atom. The monoisotopic (exact) mass is 280 g/mol. The van der Waals surface area contributed by atoms with Crippen molar-refractivity contribution in [1.82, 2.24) is 0 Å². The number of carbonyl (C=O) groups is 2. The van der Waals surface area contributed by atoms with Crippen LogP contribution in [0.3, 0.4) is 0 Å². The summed E-state index contributed by atoms with van der Waals surface area (Å²) in [5.41, 5.74) is 0. The van der Waals surface area contributed by atoms with Gasteiger partial charge in [0.15, 0.2) is 11.9 Å². The molecule has 3 heteroatoms. The molecule has 0 N–H and O–H groups in total. The van der Waals surface area contributed by atoms with Crippen molar-refractivity contribution >= 4 is 11.8 Å². The molecule has 114 valence electrons. The molecule has 0 bridgehead atoms. The molecule has 0 heterocycles. The smallest absolute Gasteiger partial charge is 0.303 e. The molecular formula is C17H28O3.